The molecule has 0 aliphatic carbocycles. The molecular weight excluding hydrogens is 192 g/mol. The first-order chi connectivity index (χ1) is 7.25. The second-order valence-corrected chi connectivity index (χ2v) is 3.27. The molecule has 0 aromatic carbocycles. The van der Waals surface area contributed by atoms with Crippen LogP contribution in [0.1, 0.15) is 17.1 Å². The molecular formula is C10H12N4O. The van der Waals surface area contributed by atoms with Gasteiger partial charge < -0.3 is 9.84 Å². The predicted molar refractivity (Wildman–Crippen MR) is 55.3 cm³/mol. The maximum Gasteiger partial charge on any atom is 0.145 e. The lowest BCUT2D eigenvalue weighted by atomic mass is 10.3. The Morgan fingerprint density at radius 3 is 2.87 bits per heavy atom. The van der Waals surface area contributed by atoms with Crippen molar-refractivity contribution in [3.8, 4) is 0 Å². The number of nitrogens with zero attached hydrogens (tertiary/aromatic N) is 3. The maximum absolute atomic E-state index is 4.72. The van der Waals surface area contributed by atoms with Gasteiger partial charge in [0.2, 0.25) is 0 Å². The number of nitrogens with one attached hydrogen (secondary N) is 1. The number of aromatic nitrogens is 3. The standard InChI is InChI=1S/C10H12N4O/c1-7-8(2)13-10(6-11-7)12-5-9-3-4-15-14-9/h3-4,6H,5H2,1-2H3,(H,12,13). The van der Waals surface area contributed by atoms with Crippen LogP contribution in [-0.2, 0) is 6.54 Å². The van der Waals surface area contributed by atoms with E-state index in [2.05, 4.69) is 20.4 Å². The minimum atomic E-state index is 0.591. The molecule has 0 fully saturated rings. The zero-order valence-corrected chi connectivity index (χ0v) is 8.69. The summed E-state index contributed by atoms with van der Waals surface area (Å²) in [5.74, 6) is 0.751. The lowest BCUT2D eigenvalue weighted by molar-refractivity contribution is 0.412. The Bertz CT molecular complexity index is 439. The summed E-state index contributed by atoms with van der Waals surface area (Å²) in [5.41, 5.74) is 2.72. The molecule has 78 valence electrons. The number of hydrogen-bond donors (Lipinski definition) is 1. The van der Waals surface area contributed by atoms with Gasteiger partial charge in [0.05, 0.1) is 24.1 Å². The summed E-state index contributed by atoms with van der Waals surface area (Å²) in [6, 6.07) is 1.81. The molecule has 0 saturated carbocycles. The van der Waals surface area contributed by atoms with Gasteiger partial charge in [-0.15, -0.1) is 0 Å². The van der Waals surface area contributed by atoms with Crippen LogP contribution in [0.4, 0.5) is 5.82 Å². The van der Waals surface area contributed by atoms with Crippen molar-refractivity contribution in [1.29, 1.82) is 0 Å². The number of aryl methyl sites for hydroxylation is 2. The SMILES string of the molecule is Cc1ncc(NCc2ccon2)nc1C. The van der Waals surface area contributed by atoms with Gasteiger partial charge in [0, 0.05) is 6.07 Å². The summed E-state index contributed by atoms with van der Waals surface area (Å²) in [7, 11) is 0. The van der Waals surface area contributed by atoms with E-state index in [1.54, 1.807) is 12.5 Å². The Balaban J connectivity index is 2.02. The summed E-state index contributed by atoms with van der Waals surface area (Å²) < 4.78 is 4.72. The van der Waals surface area contributed by atoms with Crippen LogP contribution in [0, 0.1) is 13.8 Å². The average Bonchev–Trinajstić information content (AvgIpc) is 2.73. The largest absolute Gasteiger partial charge is 0.364 e. The highest BCUT2D eigenvalue weighted by molar-refractivity contribution is 5.33. The van der Waals surface area contributed by atoms with E-state index in [-0.39, 0.29) is 0 Å². The molecule has 2 aromatic heterocycles. The van der Waals surface area contributed by atoms with E-state index in [0.29, 0.717) is 6.54 Å². The highest BCUT2D eigenvalue weighted by Crippen LogP contribution is 2.06. The third-order valence-corrected chi connectivity index (χ3v) is 2.13. The quantitative estimate of drug-likeness (QED) is 0.824. The van der Waals surface area contributed by atoms with Crippen LogP contribution in [0.5, 0.6) is 0 Å². The maximum atomic E-state index is 4.72. The van der Waals surface area contributed by atoms with Gasteiger partial charge in [-0.1, -0.05) is 5.16 Å². The van der Waals surface area contributed by atoms with E-state index in [1.165, 1.54) is 0 Å². The monoisotopic (exact) mass is 204 g/mol. The van der Waals surface area contributed by atoms with E-state index >= 15 is 0 Å². The van der Waals surface area contributed by atoms with E-state index in [9.17, 15) is 0 Å². The zero-order valence-electron chi connectivity index (χ0n) is 8.69. The fourth-order valence-corrected chi connectivity index (χ4v) is 1.14. The predicted octanol–water partition coefficient (Wildman–Crippen LogP) is 1.69. The smallest absolute Gasteiger partial charge is 0.145 e. The lowest BCUT2D eigenvalue weighted by Gasteiger charge is -2.04. The lowest BCUT2D eigenvalue weighted by Crippen LogP contribution is -2.03. The molecule has 1 N–H and O–H groups in total. The van der Waals surface area contributed by atoms with Crippen LogP contribution in [0.25, 0.3) is 0 Å². The highest BCUT2D eigenvalue weighted by atomic mass is 16.5. The molecule has 2 aromatic rings. The van der Waals surface area contributed by atoms with Crippen molar-refractivity contribution in [2.24, 2.45) is 0 Å². The van der Waals surface area contributed by atoms with E-state index < -0.39 is 0 Å². The summed E-state index contributed by atoms with van der Waals surface area (Å²) in [5, 5.41) is 6.90. The van der Waals surface area contributed by atoms with Gasteiger partial charge >= 0.3 is 0 Å². The number of anilines is 1. The van der Waals surface area contributed by atoms with Crippen molar-refractivity contribution in [3.05, 3.63) is 35.6 Å². The van der Waals surface area contributed by atoms with E-state index in [1.807, 2.05) is 19.9 Å². The Labute approximate surface area is 87.5 Å². The van der Waals surface area contributed by atoms with Gasteiger partial charge in [-0.05, 0) is 13.8 Å². The molecule has 0 aliphatic rings. The van der Waals surface area contributed by atoms with Crippen LogP contribution in [-0.4, -0.2) is 15.1 Å². The Hall–Kier alpha value is -1.91. The van der Waals surface area contributed by atoms with Crippen LogP contribution in [0.3, 0.4) is 0 Å². The summed E-state index contributed by atoms with van der Waals surface area (Å²) in [4.78, 5) is 8.55. The second-order valence-electron chi connectivity index (χ2n) is 3.27. The van der Waals surface area contributed by atoms with Crippen molar-refractivity contribution in [2.45, 2.75) is 20.4 Å². The minimum Gasteiger partial charge on any atom is -0.364 e. The molecule has 0 aliphatic heterocycles. The number of rotatable bonds is 3. The summed E-state index contributed by atoms with van der Waals surface area (Å²) in [6.45, 7) is 4.46. The van der Waals surface area contributed by atoms with Crippen LogP contribution in [0.15, 0.2) is 23.0 Å². The third-order valence-electron chi connectivity index (χ3n) is 2.13. The molecule has 0 amide bonds. The van der Waals surface area contributed by atoms with E-state index in [0.717, 1.165) is 22.9 Å². The molecule has 0 spiro atoms. The molecule has 0 atom stereocenters. The molecule has 0 radical (unpaired) electrons. The topological polar surface area (TPSA) is 63.8 Å². The molecule has 0 bridgehead atoms. The van der Waals surface area contributed by atoms with Crippen LogP contribution < -0.4 is 5.32 Å². The normalized spacial score (nSPS) is 10.3. The van der Waals surface area contributed by atoms with Crippen LogP contribution >= 0.6 is 0 Å². The van der Waals surface area contributed by atoms with Crippen LogP contribution in [0.2, 0.25) is 0 Å². The Kier molecular flexibility index (Phi) is 2.62. The molecule has 15 heavy (non-hydrogen) atoms. The Morgan fingerprint density at radius 2 is 2.20 bits per heavy atom. The average molecular weight is 204 g/mol. The van der Waals surface area contributed by atoms with Gasteiger partial charge in [0.25, 0.3) is 0 Å². The minimum absolute atomic E-state index is 0.591. The van der Waals surface area contributed by atoms with Gasteiger partial charge in [-0.25, -0.2) is 4.98 Å². The summed E-state index contributed by atoms with van der Waals surface area (Å²) >= 11 is 0. The first-order valence-corrected chi connectivity index (χ1v) is 4.69. The summed E-state index contributed by atoms with van der Waals surface area (Å²) in [6.07, 6.45) is 3.26. The zero-order chi connectivity index (χ0) is 10.7. The highest BCUT2D eigenvalue weighted by Gasteiger charge is 2.00. The van der Waals surface area contributed by atoms with Gasteiger partial charge in [0.15, 0.2) is 0 Å². The van der Waals surface area contributed by atoms with Gasteiger partial charge in [0.1, 0.15) is 17.8 Å². The van der Waals surface area contributed by atoms with Gasteiger partial charge in [-0.2, -0.15) is 0 Å². The molecule has 2 rings (SSSR count). The molecule has 0 unspecified atom stereocenters. The van der Waals surface area contributed by atoms with Gasteiger partial charge in [-0.3, -0.25) is 4.98 Å². The van der Waals surface area contributed by atoms with Crippen molar-refractivity contribution >= 4 is 5.82 Å². The molecule has 0 saturated heterocycles. The number of hydrogen-bond acceptors (Lipinski definition) is 5. The molecule has 5 heteroatoms. The van der Waals surface area contributed by atoms with E-state index in [4.69, 9.17) is 4.52 Å². The first kappa shape index (κ1) is 9.64. The van der Waals surface area contributed by atoms with Crippen molar-refractivity contribution in [1.82, 2.24) is 15.1 Å². The fourth-order valence-electron chi connectivity index (χ4n) is 1.14. The molecule has 2 heterocycles. The first-order valence-electron chi connectivity index (χ1n) is 4.69. The van der Waals surface area contributed by atoms with Crippen molar-refractivity contribution in [2.75, 3.05) is 5.32 Å². The second kappa shape index (κ2) is 4.08. The van der Waals surface area contributed by atoms with Crippen molar-refractivity contribution < 1.29 is 4.52 Å². The third kappa shape index (κ3) is 2.31. The Morgan fingerprint density at radius 1 is 1.33 bits per heavy atom. The van der Waals surface area contributed by atoms with Crippen molar-refractivity contribution in [3.63, 3.8) is 0 Å². The fraction of sp³-hybridized carbons (Fsp3) is 0.300. The molecule has 5 nitrogen and oxygen atoms in total.